The molecule has 1 aromatic rings. The Balaban J connectivity index is 1.41. The Morgan fingerprint density at radius 2 is 2.04 bits per heavy atom. The van der Waals surface area contributed by atoms with E-state index in [1.54, 1.807) is 0 Å². The molecule has 0 N–H and O–H groups in total. The number of amides is 1. The number of carbonyl (C=O) groups excluding carboxylic acids is 1. The molecule has 1 atom stereocenters. The molecular formula is C19H28N2O3. The second-order valence-electron chi connectivity index (χ2n) is 6.87. The summed E-state index contributed by atoms with van der Waals surface area (Å²) in [4.78, 5) is 16.7. The minimum Gasteiger partial charge on any atom is -0.484 e. The third-order valence-electron chi connectivity index (χ3n) is 4.89. The Hall–Kier alpha value is -1.59. The number of hydrogen-bond donors (Lipinski definition) is 0. The van der Waals surface area contributed by atoms with E-state index in [1.165, 1.54) is 18.4 Å². The normalized spacial score (nSPS) is 21.9. The molecule has 2 fully saturated rings. The summed E-state index contributed by atoms with van der Waals surface area (Å²) in [6.45, 7) is 9.50. The maximum absolute atomic E-state index is 12.4. The third kappa shape index (κ3) is 4.48. The quantitative estimate of drug-likeness (QED) is 0.827. The summed E-state index contributed by atoms with van der Waals surface area (Å²) in [5.74, 6) is 0.873. The zero-order valence-electron chi connectivity index (χ0n) is 14.8. The van der Waals surface area contributed by atoms with Gasteiger partial charge in [-0.05, 0) is 38.3 Å². The van der Waals surface area contributed by atoms with Gasteiger partial charge in [-0.25, -0.2) is 0 Å². The van der Waals surface area contributed by atoms with Gasteiger partial charge in [0.15, 0.2) is 6.61 Å². The standard InChI is InChI=1S/C19H28N2O3/c1-15-5-6-18(16(2)12-15)24-14-19(22)21-9-7-20(8-10-21)13-17-4-3-11-23-17/h5-6,12,17H,3-4,7-11,13-14H2,1-2H3. The van der Waals surface area contributed by atoms with Crippen LogP contribution < -0.4 is 4.74 Å². The molecule has 3 rings (SSSR count). The average molecular weight is 332 g/mol. The van der Waals surface area contributed by atoms with Crippen LogP contribution in [0.4, 0.5) is 0 Å². The van der Waals surface area contributed by atoms with E-state index in [9.17, 15) is 4.79 Å². The minimum absolute atomic E-state index is 0.0757. The van der Waals surface area contributed by atoms with Gasteiger partial charge in [0.1, 0.15) is 5.75 Å². The fourth-order valence-corrected chi connectivity index (χ4v) is 3.45. The number of aryl methyl sites for hydroxylation is 2. The van der Waals surface area contributed by atoms with Crippen molar-refractivity contribution in [1.29, 1.82) is 0 Å². The Morgan fingerprint density at radius 1 is 1.25 bits per heavy atom. The number of benzene rings is 1. The fraction of sp³-hybridized carbons (Fsp3) is 0.632. The highest BCUT2D eigenvalue weighted by Crippen LogP contribution is 2.19. The molecule has 0 bridgehead atoms. The van der Waals surface area contributed by atoms with Gasteiger partial charge in [0.05, 0.1) is 6.10 Å². The van der Waals surface area contributed by atoms with Crippen LogP contribution in [0.5, 0.6) is 5.75 Å². The van der Waals surface area contributed by atoms with E-state index in [2.05, 4.69) is 17.9 Å². The largest absolute Gasteiger partial charge is 0.484 e. The van der Waals surface area contributed by atoms with Crippen LogP contribution in [0.15, 0.2) is 18.2 Å². The van der Waals surface area contributed by atoms with Gasteiger partial charge in [-0.15, -0.1) is 0 Å². The summed E-state index contributed by atoms with van der Waals surface area (Å²) in [5, 5.41) is 0. The molecule has 24 heavy (non-hydrogen) atoms. The van der Waals surface area contributed by atoms with Crippen LogP contribution in [0.25, 0.3) is 0 Å². The topological polar surface area (TPSA) is 42.0 Å². The van der Waals surface area contributed by atoms with Crippen molar-refractivity contribution >= 4 is 5.91 Å². The molecule has 0 saturated carbocycles. The lowest BCUT2D eigenvalue weighted by atomic mass is 10.1. The number of carbonyl (C=O) groups is 1. The number of piperazine rings is 1. The van der Waals surface area contributed by atoms with Gasteiger partial charge in [0.25, 0.3) is 5.91 Å². The molecule has 2 aliphatic heterocycles. The first-order valence-electron chi connectivity index (χ1n) is 8.93. The first-order valence-corrected chi connectivity index (χ1v) is 8.93. The van der Waals surface area contributed by atoms with E-state index in [0.717, 1.165) is 50.6 Å². The Morgan fingerprint density at radius 3 is 2.71 bits per heavy atom. The lowest BCUT2D eigenvalue weighted by Gasteiger charge is -2.35. The van der Waals surface area contributed by atoms with Gasteiger partial charge in [-0.3, -0.25) is 9.69 Å². The number of nitrogens with zero attached hydrogens (tertiary/aromatic N) is 2. The summed E-state index contributed by atoms with van der Waals surface area (Å²) in [6.07, 6.45) is 2.74. The second-order valence-corrected chi connectivity index (χ2v) is 6.87. The van der Waals surface area contributed by atoms with Crippen molar-refractivity contribution < 1.29 is 14.3 Å². The summed E-state index contributed by atoms with van der Waals surface area (Å²) in [5.41, 5.74) is 2.28. The van der Waals surface area contributed by atoms with Gasteiger partial charge < -0.3 is 14.4 Å². The van der Waals surface area contributed by atoms with E-state index in [-0.39, 0.29) is 12.5 Å². The van der Waals surface area contributed by atoms with Crippen molar-refractivity contribution in [2.24, 2.45) is 0 Å². The predicted molar refractivity (Wildman–Crippen MR) is 93.4 cm³/mol. The Labute approximate surface area is 144 Å². The maximum Gasteiger partial charge on any atom is 0.260 e. The lowest BCUT2D eigenvalue weighted by molar-refractivity contribution is -0.135. The molecule has 0 spiro atoms. The number of hydrogen-bond acceptors (Lipinski definition) is 4. The third-order valence-corrected chi connectivity index (χ3v) is 4.89. The summed E-state index contributed by atoms with van der Waals surface area (Å²) in [6, 6.07) is 6.03. The van der Waals surface area contributed by atoms with Gasteiger partial charge in [0.2, 0.25) is 0 Å². The number of rotatable bonds is 5. The van der Waals surface area contributed by atoms with Crippen molar-refractivity contribution in [3.05, 3.63) is 29.3 Å². The molecule has 1 unspecified atom stereocenters. The van der Waals surface area contributed by atoms with E-state index >= 15 is 0 Å². The molecule has 0 aliphatic carbocycles. The van der Waals surface area contributed by atoms with E-state index in [4.69, 9.17) is 9.47 Å². The van der Waals surface area contributed by atoms with Gasteiger partial charge in [-0.2, -0.15) is 0 Å². The molecule has 5 heteroatoms. The van der Waals surface area contributed by atoms with Crippen molar-refractivity contribution in [2.45, 2.75) is 32.8 Å². The van der Waals surface area contributed by atoms with Gasteiger partial charge >= 0.3 is 0 Å². The summed E-state index contributed by atoms with van der Waals surface area (Å²) < 4.78 is 11.4. The Kier molecular flexibility index (Phi) is 5.74. The zero-order chi connectivity index (χ0) is 16.9. The molecule has 2 aliphatic rings. The van der Waals surface area contributed by atoms with Crippen LogP contribution in [0, 0.1) is 13.8 Å². The van der Waals surface area contributed by atoms with Crippen LogP contribution in [0.2, 0.25) is 0 Å². The van der Waals surface area contributed by atoms with Crippen LogP contribution in [0.1, 0.15) is 24.0 Å². The molecule has 0 aromatic heterocycles. The summed E-state index contributed by atoms with van der Waals surface area (Å²) >= 11 is 0. The molecule has 1 aromatic carbocycles. The second kappa shape index (κ2) is 7.99. The highest BCUT2D eigenvalue weighted by atomic mass is 16.5. The van der Waals surface area contributed by atoms with E-state index in [1.807, 2.05) is 24.0 Å². The smallest absolute Gasteiger partial charge is 0.260 e. The van der Waals surface area contributed by atoms with Crippen LogP contribution >= 0.6 is 0 Å². The van der Waals surface area contributed by atoms with Crippen LogP contribution in [-0.2, 0) is 9.53 Å². The van der Waals surface area contributed by atoms with E-state index in [0.29, 0.717) is 6.10 Å². The first-order chi connectivity index (χ1) is 11.6. The van der Waals surface area contributed by atoms with Crippen molar-refractivity contribution in [3.8, 4) is 5.75 Å². The monoisotopic (exact) mass is 332 g/mol. The molecule has 132 valence electrons. The van der Waals surface area contributed by atoms with Gasteiger partial charge in [0, 0.05) is 39.3 Å². The molecule has 0 radical (unpaired) electrons. The average Bonchev–Trinajstić information content (AvgIpc) is 3.07. The summed E-state index contributed by atoms with van der Waals surface area (Å²) in [7, 11) is 0. The van der Waals surface area contributed by atoms with Crippen molar-refractivity contribution in [3.63, 3.8) is 0 Å². The first kappa shape index (κ1) is 17.2. The van der Waals surface area contributed by atoms with Crippen LogP contribution in [0.3, 0.4) is 0 Å². The van der Waals surface area contributed by atoms with Crippen molar-refractivity contribution in [2.75, 3.05) is 45.9 Å². The van der Waals surface area contributed by atoms with Crippen molar-refractivity contribution in [1.82, 2.24) is 9.80 Å². The minimum atomic E-state index is 0.0757. The lowest BCUT2D eigenvalue weighted by Crippen LogP contribution is -2.51. The SMILES string of the molecule is Cc1ccc(OCC(=O)N2CCN(CC3CCCO3)CC2)c(C)c1. The number of ether oxygens (including phenoxy) is 2. The Bertz CT molecular complexity index is 562. The highest BCUT2D eigenvalue weighted by molar-refractivity contribution is 5.78. The maximum atomic E-state index is 12.4. The molecule has 2 saturated heterocycles. The molecule has 5 nitrogen and oxygen atoms in total. The van der Waals surface area contributed by atoms with E-state index < -0.39 is 0 Å². The molecular weight excluding hydrogens is 304 g/mol. The predicted octanol–water partition coefficient (Wildman–Crippen LogP) is 2.01. The molecule has 2 heterocycles. The zero-order valence-corrected chi connectivity index (χ0v) is 14.8. The van der Waals surface area contributed by atoms with Crippen LogP contribution in [-0.4, -0.2) is 67.7 Å². The fourth-order valence-electron chi connectivity index (χ4n) is 3.45. The van der Waals surface area contributed by atoms with Gasteiger partial charge in [-0.1, -0.05) is 17.7 Å². The highest BCUT2D eigenvalue weighted by Gasteiger charge is 2.25. The molecule has 1 amide bonds.